The van der Waals surface area contributed by atoms with Crippen molar-refractivity contribution < 1.29 is 18.1 Å². The van der Waals surface area contributed by atoms with E-state index in [4.69, 9.17) is 4.52 Å². The lowest BCUT2D eigenvalue weighted by molar-refractivity contribution is 0.150. The Hall–Kier alpha value is 0.540. The van der Waals surface area contributed by atoms with Gasteiger partial charge in [0.1, 0.15) is 0 Å². The van der Waals surface area contributed by atoms with Gasteiger partial charge < -0.3 is 0 Å². The van der Waals surface area contributed by atoms with Crippen molar-refractivity contribution in [3.8, 4) is 0 Å². The Bertz CT molecular complexity index is 132. The minimum atomic E-state index is -3.21. The molecule has 0 aliphatic carbocycles. The standard InChI is InChI=1S/C6H15O4P.H3P/c1-4-5-6-10-11(7,8-2)9-3;/h4-6H2,1-3H3;1H3. The fraction of sp³-hybridized carbons (Fsp3) is 1.00. The van der Waals surface area contributed by atoms with Gasteiger partial charge in [-0.25, -0.2) is 4.57 Å². The van der Waals surface area contributed by atoms with Crippen LogP contribution < -0.4 is 0 Å². The molecule has 1 unspecified atom stereocenters. The highest BCUT2D eigenvalue weighted by molar-refractivity contribution is 7.48. The third-order valence-corrected chi connectivity index (χ3v) is 2.59. The van der Waals surface area contributed by atoms with Gasteiger partial charge in [-0.1, -0.05) is 13.3 Å². The summed E-state index contributed by atoms with van der Waals surface area (Å²) in [7, 11) is -0.607. The van der Waals surface area contributed by atoms with Crippen LogP contribution in [-0.4, -0.2) is 20.8 Å². The fourth-order valence-corrected chi connectivity index (χ4v) is 1.21. The minimum absolute atomic E-state index is 0. The molecular weight excluding hydrogens is 198 g/mol. The zero-order chi connectivity index (χ0) is 8.74. The lowest BCUT2D eigenvalue weighted by atomic mass is 10.4. The predicted octanol–water partition coefficient (Wildman–Crippen LogP) is 2.26. The Morgan fingerprint density at radius 3 is 2.08 bits per heavy atom. The van der Waals surface area contributed by atoms with Crippen molar-refractivity contribution in [3.63, 3.8) is 0 Å². The Kier molecular flexibility index (Phi) is 10.2. The zero-order valence-electron chi connectivity index (χ0n) is 7.91. The van der Waals surface area contributed by atoms with Crippen molar-refractivity contribution in [1.82, 2.24) is 0 Å². The second-order valence-electron chi connectivity index (χ2n) is 2.00. The van der Waals surface area contributed by atoms with Gasteiger partial charge in [-0.2, -0.15) is 9.90 Å². The molecule has 76 valence electrons. The molecule has 0 saturated heterocycles. The Morgan fingerprint density at radius 2 is 1.75 bits per heavy atom. The highest BCUT2D eigenvalue weighted by atomic mass is 31.2. The van der Waals surface area contributed by atoms with E-state index >= 15 is 0 Å². The smallest absolute Gasteiger partial charge is 0.290 e. The van der Waals surface area contributed by atoms with Crippen molar-refractivity contribution >= 4 is 17.7 Å². The zero-order valence-corrected chi connectivity index (χ0v) is 10.2. The molecule has 0 heterocycles. The quantitative estimate of drug-likeness (QED) is 0.504. The van der Waals surface area contributed by atoms with Crippen LogP contribution in [0.2, 0.25) is 0 Å². The molecule has 0 amide bonds. The molecule has 0 spiro atoms. The van der Waals surface area contributed by atoms with Crippen molar-refractivity contribution in [2.24, 2.45) is 0 Å². The van der Waals surface area contributed by atoms with Crippen molar-refractivity contribution in [1.29, 1.82) is 0 Å². The maximum Gasteiger partial charge on any atom is 0.474 e. The number of phosphoric ester groups is 1. The fourth-order valence-electron chi connectivity index (χ4n) is 0.501. The molecule has 6 heteroatoms. The lowest BCUT2D eigenvalue weighted by Crippen LogP contribution is -1.96. The summed E-state index contributed by atoms with van der Waals surface area (Å²) in [6.45, 7) is 2.43. The van der Waals surface area contributed by atoms with E-state index in [2.05, 4.69) is 9.05 Å². The molecule has 0 aliphatic heterocycles. The second kappa shape index (κ2) is 8.15. The van der Waals surface area contributed by atoms with Gasteiger partial charge in [0.2, 0.25) is 0 Å². The minimum Gasteiger partial charge on any atom is -0.290 e. The van der Waals surface area contributed by atoms with Gasteiger partial charge in [-0.3, -0.25) is 13.6 Å². The van der Waals surface area contributed by atoms with Crippen LogP contribution in [0.5, 0.6) is 0 Å². The summed E-state index contributed by atoms with van der Waals surface area (Å²) in [5.41, 5.74) is 0. The molecule has 0 N–H and O–H groups in total. The predicted molar refractivity (Wildman–Crippen MR) is 53.6 cm³/mol. The maximum atomic E-state index is 11.2. The van der Waals surface area contributed by atoms with E-state index in [0.717, 1.165) is 12.8 Å². The second-order valence-corrected chi connectivity index (χ2v) is 3.88. The Morgan fingerprint density at radius 1 is 1.25 bits per heavy atom. The van der Waals surface area contributed by atoms with Crippen molar-refractivity contribution in [3.05, 3.63) is 0 Å². The summed E-state index contributed by atoms with van der Waals surface area (Å²) in [6.07, 6.45) is 1.85. The molecule has 0 fully saturated rings. The van der Waals surface area contributed by atoms with E-state index < -0.39 is 7.82 Å². The van der Waals surface area contributed by atoms with E-state index in [9.17, 15) is 4.57 Å². The Labute approximate surface area is 77.2 Å². The highest BCUT2D eigenvalue weighted by Gasteiger charge is 2.21. The number of phosphoric acid groups is 1. The van der Waals surface area contributed by atoms with Gasteiger partial charge in [0.05, 0.1) is 6.61 Å². The molecule has 0 aromatic rings. The summed E-state index contributed by atoms with van der Waals surface area (Å²) in [4.78, 5) is 0. The summed E-state index contributed by atoms with van der Waals surface area (Å²) in [6, 6.07) is 0. The van der Waals surface area contributed by atoms with E-state index in [1.54, 1.807) is 0 Å². The molecule has 4 nitrogen and oxygen atoms in total. The maximum absolute atomic E-state index is 11.2. The molecule has 0 aromatic carbocycles. The first kappa shape index (κ1) is 15.0. The molecule has 0 rings (SSSR count). The lowest BCUT2D eigenvalue weighted by Gasteiger charge is -2.12. The Balaban J connectivity index is 0. The topological polar surface area (TPSA) is 44.8 Å². The molecule has 0 aromatic heterocycles. The molecule has 0 bridgehead atoms. The first-order chi connectivity index (χ1) is 5.18. The van der Waals surface area contributed by atoms with Gasteiger partial charge in [0.15, 0.2) is 0 Å². The monoisotopic (exact) mass is 216 g/mol. The first-order valence-corrected chi connectivity index (χ1v) is 5.00. The largest absolute Gasteiger partial charge is 0.474 e. The first-order valence-electron chi connectivity index (χ1n) is 3.54. The summed E-state index contributed by atoms with van der Waals surface area (Å²) < 4.78 is 25.1. The van der Waals surface area contributed by atoms with Crippen LogP contribution in [0, 0.1) is 0 Å². The van der Waals surface area contributed by atoms with Crippen LogP contribution in [0.25, 0.3) is 0 Å². The average Bonchev–Trinajstić information content (AvgIpc) is 2.05. The number of rotatable bonds is 6. The van der Waals surface area contributed by atoms with Crippen LogP contribution in [0.1, 0.15) is 19.8 Å². The number of unbranched alkanes of at least 4 members (excludes halogenated alkanes) is 1. The summed E-state index contributed by atoms with van der Waals surface area (Å²) in [5.74, 6) is 0. The number of hydrogen-bond donors (Lipinski definition) is 0. The van der Waals surface area contributed by atoms with Crippen molar-refractivity contribution in [2.75, 3.05) is 20.8 Å². The van der Waals surface area contributed by atoms with Gasteiger partial charge in [-0.05, 0) is 6.42 Å². The SMILES string of the molecule is CCCCOP(=O)(OC)OC.P. The molecule has 0 saturated carbocycles. The van der Waals surface area contributed by atoms with Crippen LogP contribution >= 0.6 is 17.7 Å². The van der Waals surface area contributed by atoms with Crippen LogP contribution in [0.3, 0.4) is 0 Å². The highest BCUT2D eigenvalue weighted by Crippen LogP contribution is 2.47. The molecule has 0 aliphatic rings. The van der Waals surface area contributed by atoms with Gasteiger partial charge >= 0.3 is 7.82 Å². The molecule has 1 atom stereocenters. The van der Waals surface area contributed by atoms with E-state index in [0.29, 0.717) is 6.61 Å². The van der Waals surface area contributed by atoms with E-state index in [-0.39, 0.29) is 9.90 Å². The van der Waals surface area contributed by atoms with Gasteiger partial charge in [0.25, 0.3) is 0 Å². The van der Waals surface area contributed by atoms with Crippen LogP contribution in [0.4, 0.5) is 0 Å². The van der Waals surface area contributed by atoms with E-state index in [1.165, 1.54) is 14.2 Å². The van der Waals surface area contributed by atoms with Crippen LogP contribution in [-0.2, 0) is 18.1 Å². The van der Waals surface area contributed by atoms with Crippen molar-refractivity contribution in [2.45, 2.75) is 19.8 Å². The van der Waals surface area contributed by atoms with Gasteiger partial charge in [0, 0.05) is 14.2 Å². The van der Waals surface area contributed by atoms with Gasteiger partial charge in [-0.15, -0.1) is 0 Å². The number of hydrogen-bond acceptors (Lipinski definition) is 4. The molecule has 12 heavy (non-hydrogen) atoms. The summed E-state index contributed by atoms with van der Waals surface area (Å²) in [5, 5.41) is 0. The third kappa shape index (κ3) is 6.10. The van der Waals surface area contributed by atoms with E-state index in [1.807, 2.05) is 6.92 Å². The normalized spacial score (nSPS) is 10.9. The molecule has 0 radical (unpaired) electrons. The summed E-state index contributed by atoms with van der Waals surface area (Å²) >= 11 is 0. The average molecular weight is 216 g/mol. The van der Waals surface area contributed by atoms with Crippen LogP contribution in [0.15, 0.2) is 0 Å². The third-order valence-electron chi connectivity index (χ3n) is 1.19. The molecular formula is C6H18O4P2.